The zero-order valence-electron chi connectivity index (χ0n) is 9.84. The highest BCUT2D eigenvalue weighted by atomic mass is 19.1. The fourth-order valence-electron chi connectivity index (χ4n) is 2.41. The van der Waals surface area contributed by atoms with Crippen molar-refractivity contribution < 1.29 is 9.18 Å². The van der Waals surface area contributed by atoms with Crippen LogP contribution in [0.2, 0.25) is 0 Å². The number of rotatable bonds is 3. The summed E-state index contributed by atoms with van der Waals surface area (Å²) < 4.78 is 13.1. The molecule has 0 amide bonds. The number of carbonyl (C=O) groups excluding carboxylic acids is 1. The summed E-state index contributed by atoms with van der Waals surface area (Å²) >= 11 is 0. The van der Waals surface area contributed by atoms with Gasteiger partial charge in [0, 0.05) is 11.5 Å². The predicted octanol–water partition coefficient (Wildman–Crippen LogP) is 3.81. The number of ketones is 1. The van der Waals surface area contributed by atoms with Gasteiger partial charge in [0.2, 0.25) is 0 Å². The molecule has 90 valence electrons. The van der Waals surface area contributed by atoms with Gasteiger partial charge in [0.25, 0.3) is 0 Å². The molecule has 0 aromatic heterocycles. The fourth-order valence-corrected chi connectivity index (χ4v) is 2.41. The van der Waals surface area contributed by atoms with E-state index >= 15 is 0 Å². The van der Waals surface area contributed by atoms with E-state index in [2.05, 4.69) is 0 Å². The third kappa shape index (κ3) is 2.06. The highest BCUT2D eigenvalue weighted by Crippen LogP contribution is 2.49. The van der Waals surface area contributed by atoms with Gasteiger partial charge in [-0.25, -0.2) is 4.39 Å². The van der Waals surface area contributed by atoms with Gasteiger partial charge in [-0.3, -0.25) is 4.79 Å². The van der Waals surface area contributed by atoms with Gasteiger partial charge < -0.3 is 0 Å². The minimum atomic E-state index is -0.349. The Labute approximate surface area is 105 Å². The molecule has 1 aliphatic rings. The van der Waals surface area contributed by atoms with Gasteiger partial charge in [-0.15, -0.1) is 0 Å². The Balaban J connectivity index is 1.77. The molecule has 2 unspecified atom stereocenters. The molecule has 0 spiro atoms. The third-order valence-electron chi connectivity index (χ3n) is 3.46. The van der Waals surface area contributed by atoms with Crippen LogP contribution >= 0.6 is 0 Å². The van der Waals surface area contributed by atoms with Crippen molar-refractivity contribution in [1.29, 1.82) is 0 Å². The standard InChI is InChI=1S/C16H13FO/c17-13-8-4-7-12(9-13)16(18)15-10-14(15)11-5-2-1-3-6-11/h1-9,14-15H,10H2. The average molecular weight is 240 g/mol. The molecule has 0 saturated heterocycles. The van der Waals surface area contributed by atoms with Gasteiger partial charge in [-0.1, -0.05) is 42.5 Å². The lowest BCUT2D eigenvalue weighted by atomic mass is 10.0. The van der Waals surface area contributed by atoms with Crippen molar-refractivity contribution in [3.05, 3.63) is 71.5 Å². The van der Waals surface area contributed by atoms with Crippen LogP contribution < -0.4 is 0 Å². The van der Waals surface area contributed by atoms with Crippen molar-refractivity contribution in [2.75, 3.05) is 0 Å². The Morgan fingerprint density at radius 1 is 1.06 bits per heavy atom. The number of halogens is 1. The molecule has 2 heteroatoms. The first-order valence-corrected chi connectivity index (χ1v) is 6.10. The summed E-state index contributed by atoms with van der Waals surface area (Å²) in [6.07, 6.45) is 0.874. The summed E-state index contributed by atoms with van der Waals surface area (Å²) in [6.45, 7) is 0. The Kier molecular flexibility index (Phi) is 2.71. The molecule has 0 radical (unpaired) electrons. The Bertz CT molecular complexity index is 577. The second kappa shape index (κ2) is 4.37. The number of Topliss-reactive ketones (excluding diaryl/α,β-unsaturated/α-hetero) is 1. The van der Waals surface area contributed by atoms with E-state index in [4.69, 9.17) is 0 Å². The normalized spacial score (nSPS) is 21.6. The molecule has 1 saturated carbocycles. The van der Waals surface area contributed by atoms with Gasteiger partial charge in [0.1, 0.15) is 5.82 Å². The van der Waals surface area contributed by atoms with Crippen LogP contribution in [0.3, 0.4) is 0 Å². The summed E-state index contributed by atoms with van der Waals surface area (Å²) in [5.41, 5.74) is 1.69. The topological polar surface area (TPSA) is 17.1 Å². The number of carbonyl (C=O) groups is 1. The van der Waals surface area contributed by atoms with E-state index in [9.17, 15) is 9.18 Å². The summed E-state index contributed by atoms with van der Waals surface area (Å²) in [5, 5.41) is 0. The van der Waals surface area contributed by atoms with Gasteiger partial charge >= 0.3 is 0 Å². The van der Waals surface area contributed by atoms with Gasteiger partial charge in [0.15, 0.2) is 5.78 Å². The van der Waals surface area contributed by atoms with Crippen LogP contribution in [-0.2, 0) is 0 Å². The number of hydrogen-bond acceptors (Lipinski definition) is 1. The average Bonchev–Trinajstić information content (AvgIpc) is 3.19. The minimum Gasteiger partial charge on any atom is -0.294 e. The fraction of sp³-hybridized carbons (Fsp3) is 0.188. The van der Waals surface area contributed by atoms with Crippen LogP contribution in [0.1, 0.15) is 28.3 Å². The summed E-state index contributed by atoms with van der Waals surface area (Å²) in [7, 11) is 0. The van der Waals surface area contributed by atoms with E-state index in [0.29, 0.717) is 11.5 Å². The first kappa shape index (κ1) is 11.1. The quantitative estimate of drug-likeness (QED) is 0.745. The van der Waals surface area contributed by atoms with Crippen LogP contribution in [0.5, 0.6) is 0 Å². The molecule has 0 N–H and O–H groups in total. The lowest BCUT2D eigenvalue weighted by Gasteiger charge is -2.01. The molecule has 1 aliphatic carbocycles. The second-order valence-electron chi connectivity index (χ2n) is 4.73. The SMILES string of the molecule is O=C(c1cccc(F)c1)C1CC1c1ccccc1. The van der Waals surface area contributed by atoms with Crippen molar-refractivity contribution in [3.8, 4) is 0 Å². The lowest BCUT2D eigenvalue weighted by molar-refractivity contribution is 0.0965. The van der Waals surface area contributed by atoms with Gasteiger partial charge in [-0.05, 0) is 30.0 Å². The maximum Gasteiger partial charge on any atom is 0.166 e. The van der Waals surface area contributed by atoms with Crippen LogP contribution in [0.25, 0.3) is 0 Å². The second-order valence-corrected chi connectivity index (χ2v) is 4.73. The Morgan fingerprint density at radius 3 is 2.56 bits per heavy atom. The largest absolute Gasteiger partial charge is 0.294 e. The smallest absolute Gasteiger partial charge is 0.166 e. The van der Waals surface area contributed by atoms with Gasteiger partial charge in [0.05, 0.1) is 0 Å². The number of benzene rings is 2. The lowest BCUT2D eigenvalue weighted by Crippen LogP contribution is -2.03. The van der Waals surface area contributed by atoms with E-state index in [0.717, 1.165) is 6.42 Å². The summed E-state index contributed by atoms with van der Waals surface area (Å²) in [4.78, 5) is 12.2. The van der Waals surface area contributed by atoms with Crippen LogP contribution in [-0.4, -0.2) is 5.78 Å². The summed E-state index contributed by atoms with van der Waals surface area (Å²) in [5.74, 6) is 0.0391. The zero-order valence-corrected chi connectivity index (χ0v) is 9.84. The molecule has 2 aromatic rings. The maximum atomic E-state index is 13.1. The van der Waals surface area contributed by atoms with E-state index in [1.165, 1.54) is 17.7 Å². The highest BCUT2D eigenvalue weighted by molar-refractivity contribution is 6.00. The molecule has 1 fully saturated rings. The maximum absolute atomic E-state index is 13.1. The zero-order chi connectivity index (χ0) is 12.5. The Hall–Kier alpha value is -1.96. The highest BCUT2D eigenvalue weighted by Gasteiger charge is 2.43. The van der Waals surface area contributed by atoms with Crippen molar-refractivity contribution >= 4 is 5.78 Å². The monoisotopic (exact) mass is 240 g/mol. The van der Waals surface area contributed by atoms with E-state index < -0.39 is 0 Å². The van der Waals surface area contributed by atoms with E-state index in [1.807, 2.05) is 30.3 Å². The molecule has 3 rings (SSSR count). The predicted molar refractivity (Wildman–Crippen MR) is 68.0 cm³/mol. The molecule has 18 heavy (non-hydrogen) atoms. The molecule has 0 aliphatic heterocycles. The van der Waals surface area contributed by atoms with E-state index in [-0.39, 0.29) is 17.5 Å². The first-order valence-electron chi connectivity index (χ1n) is 6.10. The van der Waals surface area contributed by atoms with Crippen molar-refractivity contribution in [3.63, 3.8) is 0 Å². The molecule has 0 heterocycles. The van der Waals surface area contributed by atoms with Crippen molar-refractivity contribution in [1.82, 2.24) is 0 Å². The first-order chi connectivity index (χ1) is 8.75. The third-order valence-corrected chi connectivity index (χ3v) is 3.46. The molecule has 1 nitrogen and oxygen atoms in total. The molecular weight excluding hydrogens is 227 g/mol. The van der Waals surface area contributed by atoms with Crippen LogP contribution in [0.15, 0.2) is 54.6 Å². The minimum absolute atomic E-state index is 0.0224. The molecule has 2 atom stereocenters. The molecule has 2 aromatic carbocycles. The van der Waals surface area contributed by atoms with E-state index in [1.54, 1.807) is 12.1 Å². The van der Waals surface area contributed by atoms with Crippen LogP contribution in [0.4, 0.5) is 4.39 Å². The Morgan fingerprint density at radius 2 is 1.83 bits per heavy atom. The van der Waals surface area contributed by atoms with Gasteiger partial charge in [-0.2, -0.15) is 0 Å². The summed E-state index contributed by atoms with van der Waals surface area (Å²) in [6, 6.07) is 16.0. The molecule has 0 bridgehead atoms. The number of hydrogen-bond donors (Lipinski definition) is 0. The van der Waals surface area contributed by atoms with Crippen LogP contribution in [0, 0.1) is 11.7 Å². The molecular formula is C16H13FO. The van der Waals surface area contributed by atoms with Crippen molar-refractivity contribution in [2.24, 2.45) is 5.92 Å². The van der Waals surface area contributed by atoms with Crippen molar-refractivity contribution in [2.45, 2.75) is 12.3 Å².